The van der Waals surface area contributed by atoms with Crippen molar-refractivity contribution in [2.45, 2.75) is 44.9 Å². The summed E-state index contributed by atoms with van der Waals surface area (Å²) in [6, 6.07) is 5.74. The van der Waals surface area contributed by atoms with Crippen LogP contribution >= 0.6 is 11.8 Å². The van der Waals surface area contributed by atoms with E-state index in [0.717, 1.165) is 12.0 Å². The lowest BCUT2D eigenvalue weighted by Crippen LogP contribution is -2.44. The molecular formula is C21H29N3O4S. The first kappa shape index (κ1) is 21.5. The summed E-state index contributed by atoms with van der Waals surface area (Å²) in [6.45, 7) is 4.50. The third-order valence-electron chi connectivity index (χ3n) is 5.62. The second-order valence-corrected chi connectivity index (χ2v) is 8.50. The van der Waals surface area contributed by atoms with Crippen molar-refractivity contribution in [1.29, 1.82) is 0 Å². The van der Waals surface area contributed by atoms with Crippen LogP contribution in [-0.2, 0) is 10.5 Å². The van der Waals surface area contributed by atoms with Crippen LogP contribution in [0.1, 0.15) is 39.0 Å². The normalized spacial score (nSPS) is 21.6. The fraction of sp³-hybridized carbons (Fsp3) is 0.571. The van der Waals surface area contributed by atoms with Gasteiger partial charge in [-0.25, -0.2) is 0 Å². The van der Waals surface area contributed by atoms with E-state index in [1.165, 1.54) is 24.6 Å². The van der Waals surface area contributed by atoms with Crippen LogP contribution in [-0.4, -0.2) is 42.1 Å². The molecule has 0 saturated heterocycles. The largest absolute Gasteiger partial charge is 0.493 e. The standard InChI is InChI=1S/C21H29N3O4S/c1-13-6-5-7-16(14(13)2)22-19(25)11-29-12-20-23-21(24-28-20)15-8-9-17(26-3)18(10-15)27-4/h8-10,13-14,16H,5-7,11-12H2,1-4H3,(H,22,25)/t13-,14-,16+/m0/s1. The minimum absolute atomic E-state index is 0.0700. The van der Waals surface area contributed by atoms with Gasteiger partial charge in [-0.15, -0.1) is 11.8 Å². The van der Waals surface area contributed by atoms with Crippen LogP contribution in [0.3, 0.4) is 0 Å². The van der Waals surface area contributed by atoms with Crippen LogP contribution in [0.2, 0.25) is 0 Å². The fourth-order valence-electron chi connectivity index (χ4n) is 3.67. The number of aromatic nitrogens is 2. The first-order valence-electron chi connectivity index (χ1n) is 9.94. The molecule has 1 aliphatic carbocycles. The maximum Gasteiger partial charge on any atom is 0.236 e. The van der Waals surface area contributed by atoms with Gasteiger partial charge in [0.05, 0.1) is 25.7 Å². The zero-order valence-corrected chi connectivity index (χ0v) is 18.3. The Hall–Kier alpha value is -2.22. The highest BCUT2D eigenvalue weighted by Crippen LogP contribution is 2.31. The molecule has 0 radical (unpaired) electrons. The Morgan fingerprint density at radius 1 is 1.24 bits per heavy atom. The zero-order valence-electron chi connectivity index (χ0n) is 17.4. The van der Waals surface area contributed by atoms with E-state index in [1.807, 2.05) is 6.07 Å². The Balaban J connectivity index is 1.50. The summed E-state index contributed by atoms with van der Waals surface area (Å²) < 4.78 is 15.9. The zero-order chi connectivity index (χ0) is 20.8. The van der Waals surface area contributed by atoms with Crippen molar-refractivity contribution in [1.82, 2.24) is 15.5 Å². The lowest BCUT2D eigenvalue weighted by atomic mass is 9.78. The smallest absolute Gasteiger partial charge is 0.236 e. The molecule has 0 unspecified atom stereocenters. The number of nitrogens with one attached hydrogen (secondary N) is 1. The van der Waals surface area contributed by atoms with E-state index in [2.05, 4.69) is 29.3 Å². The van der Waals surface area contributed by atoms with Crippen LogP contribution in [0.5, 0.6) is 11.5 Å². The Labute approximate surface area is 175 Å². The Morgan fingerprint density at radius 2 is 2.03 bits per heavy atom. The van der Waals surface area contributed by atoms with E-state index in [9.17, 15) is 4.79 Å². The number of rotatable bonds is 8. The lowest BCUT2D eigenvalue weighted by Gasteiger charge is -2.34. The summed E-state index contributed by atoms with van der Waals surface area (Å²) in [4.78, 5) is 16.7. The van der Waals surface area contributed by atoms with Crippen molar-refractivity contribution in [2.24, 2.45) is 11.8 Å². The number of ether oxygens (including phenoxy) is 2. The van der Waals surface area contributed by atoms with Crippen molar-refractivity contribution in [2.75, 3.05) is 20.0 Å². The first-order valence-corrected chi connectivity index (χ1v) is 11.1. The van der Waals surface area contributed by atoms with Gasteiger partial charge in [-0.1, -0.05) is 31.8 Å². The maximum atomic E-state index is 12.3. The molecule has 29 heavy (non-hydrogen) atoms. The van der Waals surface area contributed by atoms with E-state index in [1.54, 1.807) is 26.4 Å². The molecule has 1 fully saturated rings. The van der Waals surface area contributed by atoms with Crippen LogP contribution in [0.15, 0.2) is 22.7 Å². The molecule has 2 aromatic rings. The fourth-order valence-corrected chi connectivity index (χ4v) is 4.33. The number of hydrogen-bond donors (Lipinski definition) is 1. The number of benzene rings is 1. The number of thioether (sulfide) groups is 1. The topological polar surface area (TPSA) is 86.5 Å². The van der Waals surface area contributed by atoms with Gasteiger partial charge in [-0.3, -0.25) is 4.79 Å². The van der Waals surface area contributed by atoms with Gasteiger partial charge in [0.2, 0.25) is 17.6 Å². The molecule has 0 aliphatic heterocycles. The van der Waals surface area contributed by atoms with Gasteiger partial charge in [0.25, 0.3) is 0 Å². The number of amides is 1. The van der Waals surface area contributed by atoms with Gasteiger partial charge in [0, 0.05) is 11.6 Å². The SMILES string of the molecule is COc1ccc(-c2noc(CSCC(=O)N[C@@H]3CCC[C@H](C)[C@@H]3C)n2)cc1OC. The number of methoxy groups -OCH3 is 2. The molecule has 1 saturated carbocycles. The summed E-state index contributed by atoms with van der Waals surface area (Å²) in [5, 5.41) is 7.22. The van der Waals surface area contributed by atoms with E-state index < -0.39 is 0 Å². The van der Waals surface area contributed by atoms with Gasteiger partial charge in [-0.05, 0) is 36.5 Å². The Bertz CT molecular complexity index is 826. The second kappa shape index (κ2) is 10.0. The predicted molar refractivity (Wildman–Crippen MR) is 113 cm³/mol. The van der Waals surface area contributed by atoms with Crippen LogP contribution < -0.4 is 14.8 Å². The minimum Gasteiger partial charge on any atom is -0.493 e. The second-order valence-electron chi connectivity index (χ2n) is 7.52. The van der Waals surface area contributed by atoms with Gasteiger partial charge in [0.1, 0.15) is 0 Å². The molecule has 8 heteroatoms. The average Bonchev–Trinajstić information content (AvgIpc) is 3.19. The van der Waals surface area contributed by atoms with Gasteiger partial charge >= 0.3 is 0 Å². The van der Waals surface area contributed by atoms with Gasteiger partial charge in [0.15, 0.2) is 11.5 Å². The number of carbonyl (C=O) groups excluding carboxylic acids is 1. The van der Waals surface area contributed by atoms with E-state index in [4.69, 9.17) is 14.0 Å². The third kappa shape index (κ3) is 5.44. The first-order chi connectivity index (χ1) is 14.0. The number of hydrogen-bond acceptors (Lipinski definition) is 7. The van der Waals surface area contributed by atoms with E-state index >= 15 is 0 Å². The predicted octanol–water partition coefficient (Wildman–Crippen LogP) is 3.93. The summed E-state index contributed by atoms with van der Waals surface area (Å²) in [5.74, 6) is 4.35. The molecular weight excluding hydrogens is 390 g/mol. The van der Waals surface area contributed by atoms with E-state index in [-0.39, 0.29) is 11.9 Å². The molecule has 158 valence electrons. The molecule has 3 atom stereocenters. The van der Waals surface area contributed by atoms with Crippen LogP contribution in [0.25, 0.3) is 11.4 Å². The molecule has 1 N–H and O–H groups in total. The number of nitrogens with zero attached hydrogens (tertiary/aromatic N) is 2. The Morgan fingerprint density at radius 3 is 2.79 bits per heavy atom. The van der Waals surface area contributed by atoms with Crippen molar-refractivity contribution in [3.8, 4) is 22.9 Å². The third-order valence-corrected chi connectivity index (χ3v) is 6.54. The molecule has 1 aromatic heterocycles. The van der Waals surface area contributed by atoms with E-state index in [0.29, 0.717) is 46.6 Å². The summed E-state index contributed by atoms with van der Waals surface area (Å²) in [6.07, 6.45) is 3.51. The maximum absolute atomic E-state index is 12.3. The van der Waals surface area contributed by atoms with Crippen molar-refractivity contribution in [3.05, 3.63) is 24.1 Å². The highest BCUT2D eigenvalue weighted by Gasteiger charge is 2.28. The average molecular weight is 420 g/mol. The molecule has 1 heterocycles. The molecule has 0 bridgehead atoms. The highest BCUT2D eigenvalue weighted by atomic mass is 32.2. The molecule has 7 nitrogen and oxygen atoms in total. The number of carbonyl (C=O) groups is 1. The quantitative estimate of drug-likeness (QED) is 0.694. The van der Waals surface area contributed by atoms with Crippen molar-refractivity contribution < 1.29 is 18.8 Å². The highest BCUT2D eigenvalue weighted by molar-refractivity contribution is 7.99. The molecule has 0 spiro atoms. The molecule has 1 aliphatic rings. The van der Waals surface area contributed by atoms with Crippen LogP contribution in [0.4, 0.5) is 0 Å². The monoisotopic (exact) mass is 419 g/mol. The van der Waals surface area contributed by atoms with Gasteiger partial charge in [-0.2, -0.15) is 4.98 Å². The molecule has 3 rings (SSSR count). The molecule has 1 aromatic carbocycles. The Kier molecular flexibility index (Phi) is 7.41. The van der Waals surface area contributed by atoms with Crippen molar-refractivity contribution in [3.63, 3.8) is 0 Å². The van der Waals surface area contributed by atoms with Gasteiger partial charge < -0.3 is 19.3 Å². The summed E-state index contributed by atoms with van der Waals surface area (Å²) >= 11 is 1.47. The lowest BCUT2D eigenvalue weighted by molar-refractivity contribution is -0.119. The summed E-state index contributed by atoms with van der Waals surface area (Å²) in [5.41, 5.74) is 0.779. The summed E-state index contributed by atoms with van der Waals surface area (Å²) in [7, 11) is 3.17. The molecule has 1 amide bonds. The van der Waals surface area contributed by atoms with Crippen molar-refractivity contribution >= 4 is 17.7 Å². The van der Waals surface area contributed by atoms with Crippen LogP contribution in [0, 0.1) is 11.8 Å². The minimum atomic E-state index is 0.0700.